The maximum atomic E-state index is 6.53. The van der Waals surface area contributed by atoms with Gasteiger partial charge in [0.25, 0.3) is 0 Å². The first-order valence-corrected chi connectivity index (χ1v) is 13.5. The van der Waals surface area contributed by atoms with Crippen molar-refractivity contribution in [2.45, 2.75) is 37.8 Å². The fourth-order valence-electron chi connectivity index (χ4n) is 6.47. The first-order valence-electron chi connectivity index (χ1n) is 13.5. The van der Waals surface area contributed by atoms with Gasteiger partial charge in [0.15, 0.2) is 0 Å². The van der Waals surface area contributed by atoms with Crippen molar-refractivity contribution in [1.82, 2.24) is 9.47 Å². The molecule has 3 heterocycles. The van der Waals surface area contributed by atoms with Crippen LogP contribution in [0.25, 0.3) is 10.9 Å². The van der Waals surface area contributed by atoms with E-state index in [2.05, 4.69) is 120 Å². The smallest absolute Gasteiger partial charge is 0.133 e. The summed E-state index contributed by atoms with van der Waals surface area (Å²) >= 11 is 0. The normalized spacial score (nSPS) is 18.9. The lowest BCUT2D eigenvalue weighted by Gasteiger charge is -2.32. The predicted octanol–water partition coefficient (Wildman–Crippen LogP) is 7.61. The molecule has 0 radical (unpaired) electrons. The molecule has 1 fully saturated rings. The molecule has 1 saturated heterocycles. The van der Waals surface area contributed by atoms with Gasteiger partial charge in [-0.15, -0.1) is 0 Å². The van der Waals surface area contributed by atoms with Gasteiger partial charge in [-0.05, 0) is 74.2 Å². The zero-order valence-electron chi connectivity index (χ0n) is 21.3. The van der Waals surface area contributed by atoms with Crippen molar-refractivity contribution < 1.29 is 4.74 Å². The molecule has 5 aromatic rings. The lowest BCUT2D eigenvalue weighted by molar-refractivity contribution is 0.309. The Morgan fingerprint density at radius 2 is 1.57 bits per heavy atom. The summed E-state index contributed by atoms with van der Waals surface area (Å²) in [5.74, 6) is 1.92. The summed E-state index contributed by atoms with van der Waals surface area (Å²) in [5, 5.41) is 1.37. The molecule has 0 amide bonds. The van der Waals surface area contributed by atoms with E-state index < -0.39 is 0 Å². The van der Waals surface area contributed by atoms with Crippen LogP contribution in [0, 0.1) is 0 Å². The molecule has 2 aliphatic heterocycles. The number of fused-ring (bicyclic) bond motifs is 3. The predicted molar refractivity (Wildman–Crippen MR) is 151 cm³/mol. The minimum atomic E-state index is 0.0554. The van der Waals surface area contributed by atoms with Crippen LogP contribution in [0.5, 0.6) is 11.5 Å². The van der Waals surface area contributed by atoms with Gasteiger partial charge >= 0.3 is 0 Å². The first-order chi connectivity index (χ1) is 18.3. The van der Waals surface area contributed by atoms with E-state index in [1.807, 2.05) is 0 Å². The van der Waals surface area contributed by atoms with Crippen molar-refractivity contribution in [1.29, 1.82) is 0 Å². The number of ether oxygens (including phenoxy) is 1. The molecular formula is C34H32N2O. The summed E-state index contributed by atoms with van der Waals surface area (Å²) in [4.78, 5) is 2.53. The highest BCUT2D eigenvalue weighted by Gasteiger charge is 2.32. The molecule has 0 bridgehead atoms. The van der Waals surface area contributed by atoms with Crippen molar-refractivity contribution in [3.63, 3.8) is 0 Å². The minimum absolute atomic E-state index is 0.0554. The summed E-state index contributed by atoms with van der Waals surface area (Å²) in [7, 11) is 2.28. The Morgan fingerprint density at radius 3 is 2.43 bits per heavy atom. The number of likely N-dealkylation sites (tertiary alicyclic amines) is 1. The van der Waals surface area contributed by atoms with Gasteiger partial charge in [-0.25, -0.2) is 0 Å². The maximum absolute atomic E-state index is 6.53. The molecule has 2 aliphatic rings. The maximum Gasteiger partial charge on any atom is 0.133 e. The molecule has 0 saturated carbocycles. The topological polar surface area (TPSA) is 17.4 Å². The van der Waals surface area contributed by atoms with E-state index in [0.717, 1.165) is 24.3 Å². The highest BCUT2D eigenvalue weighted by atomic mass is 16.5. The Hall–Kier alpha value is -3.82. The zero-order chi connectivity index (χ0) is 24.8. The van der Waals surface area contributed by atoms with Gasteiger partial charge in [0.2, 0.25) is 0 Å². The number of aromatic nitrogens is 1. The van der Waals surface area contributed by atoms with Crippen molar-refractivity contribution in [2.75, 3.05) is 13.6 Å². The second-order valence-corrected chi connectivity index (χ2v) is 10.6. The van der Waals surface area contributed by atoms with Gasteiger partial charge < -0.3 is 14.2 Å². The van der Waals surface area contributed by atoms with Crippen LogP contribution in [-0.2, 0) is 12.8 Å². The third-order valence-corrected chi connectivity index (χ3v) is 8.33. The van der Waals surface area contributed by atoms with Crippen LogP contribution >= 0.6 is 0 Å². The lowest BCUT2D eigenvalue weighted by atomic mass is 9.88. The van der Waals surface area contributed by atoms with Crippen LogP contribution < -0.4 is 4.74 Å². The van der Waals surface area contributed by atoms with E-state index in [4.69, 9.17) is 4.74 Å². The third-order valence-electron chi connectivity index (χ3n) is 8.33. The van der Waals surface area contributed by atoms with E-state index >= 15 is 0 Å². The number of hydrogen-bond acceptors (Lipinski definition) is 2. The SMILES string of the molecule is CN1CCCC1Cc1cn([C@H]2c3ccccc3Oc3cccc(Cc4ccccc4)c32)c2ccccc12. The van der Waals surface area contributed by atoms with Crippen molar-refractivity contribution in [3.8, 4) is 11.5 Å². The second-order valence-electron chi connectivity index (χ2n) is 10.6. The monoisotopic (exact) mass is 484 g/mol. The Labute approximate surface area is 218 Å². The number of nitrogens with zero attached hydrogens (tertiary/aromatic N) is 2. The van der Waals surface area contributed by atoms with E-state index in [-0.39, 0.29) is 6.04 Å². The van der Waals surface area contributed by atoms with Crippen LogP contribution in [0.3, 0.4) is 0 Å². The van der Waals surface area contributed by atoms with E-state index in [1.54, 1.807) is 0 Å². The van der Waals surface area contributed by atoms with E-state index in [9.17, 15) is 0 Å². The third kappa shape index (κ3) is 3.95. The molecule has 37 heavy (non-hydrogen) atoms. The van der Waals surface area contributed by atoms with Crippen LogP contribution in [0.15, 0.2) is 103 Å². The van der Waals surface area contributed by atoms with Gasteiger partial charge in [-0.1, -0.05) is 78.9 Å². The van der Waals surface area contributed by atoms with Crippen LogP contribution in [0.1, 0.15) is 46.7 Å². The van der Waals surface area contributed by atoms with E-state index in [1.165, 1.54) is 58.1 Å². The van der Waals surface area contributed by atoms with E-state index in [0.29, 0.717) is 6.04 Å². The summed E-state index contributed by atoms with van der Waals surface area (Å²) in [6.45, 7) is 1.20. The van der Waals surface area contributed by atoms with Crippen LogP contribution in [0.2, 0.25) is 0 Å². The summed E-state index contributed by atoms with van der Waals surface area (Å²) in [5.41, 5.74) is 7.87. The molecule has 0 spiro atoms. The van der Waals surface area contributed by atoms with Crippen molar-refractivity contribution in [2.24, 2.45) is 0 Å². The van der Waals surface area contributed by atoms with Gasteiger partial charge in [0, 0.05) is 34.3 Å². The Bertz CT molecular complexity index is 1570. The molecule has 0 aliphatic carbocycles. The molecule has 0 N–H and O–H groups in total. The average molecular weight is 485 g/mol. The number of rotatable bonds is 5. The highest BCUT2D eigenvalue weighted by molar-refractivity contribution is 5.85. The largest absolute Gasteiger partial charge is 0.457 e. The average Bonchev–Trinajstić information content (AvgIpc) is 3.51. The van der Waals surface area contributed by atoms with Gasteiger partial charge in [-0.2, -0.15) is 0 Å². The Balaban J connectivity index is 1.42. The van der Waals surface area contributed by atoms with Crippen molar-refractivity contribution in [3.05, 3.63) is 131 Å². The molecule has 3 nitrogen and oxygen atoms in total. The second kappa shape index (κ2) is 9.24. The fourth-order valence-corrected chi connectivity index (χ4v) is 6.47. The zero-order valence-corrected chi connectivity index (χ0v) is 21.3. The van der Waals surface area contributed by atoms with Crippen LogP contribution in [-0.4, -0.2) is 29.1 Å². The molecule has 7 rings (SSSR count). The molecule has 1 unspecified atom stereocenters. The molecule has 1 aromatic heterocycles. The van der Waals surface area contributed by atoms with Gasteiger partial charge in [0.05, 0.1) is 6.04 Å². The molecule has 2 atom stereocenters. The van der Waals surface area contributed by atoms with Gasteiger partial charge in [-0.3, -0.25) is 0 Å². The van der Waals surface area contributed by atoms with Crippen molar-refractivity contribution >= 4 is 10.9 Å². The summed E-state index contributed by atoms with van der Waals surface area (Å²) < 4.78 is 9.05. The summed E-state index contributed by atoms with van der Waals surface area (Å²) in [6.07, 6.45) is 6.98. The molecule has 184 valence electrons. The quantitative estimate of drug-likeness (QED) is 0.250. The molecular weight excluding hydrogens is 452 g/mol. The highest BCUT2D eigenvalue weighted by Crippen LogP contribution is 2.48. The Morgan fingerprint density at radius 1 is 0.784 bits per heavy atom. The molecule has 4 aromatic carbocycles. The standard InChI is InChI=1S/C34H32N2O/c1-35-20-10-14-27(35)22-26-23-36(30-17-7-5-15-28(26)30)34-29-16-6-8-18-31(29)37-32-19-9-13-25(33(32)34)21-24-11-3-2-4-12-24/h2-9,11-13,15-19,23,27,34H,10,14,20-22H2,1H3/t27?,34-/m0/s1. The number of likely N-dealkylation sites (N-methyl/N-ethyl adjacent to an activating group) is 1. The molecule has 3 heteroatoms. The first kappa shape index (κ1) is 22.4. The van der Waals surface area contributed by atoms with Gasteiger partial charge in [0.1, 0.15) is 11.5 Å². The number of hydrogen-bond donors (Lipinski definition) is 0. The summed E-state index contributed by atoms with van der Waals surface area (Å²) in [6, 6.07) is 35.5. The number of benzene rings is 4. The number of para-hydroxylation sites is 2. The minimum Gasteiger partial charge on any atom is -0.457 e. The van der Waals surface area contributed by atoms with Crippen LogP contribution in [0.4, 0.5) is 0 Å². The lowest BCUT2D eigenvalue weighted by Crippen LogP contribution is -2.26. The fraction of sp³-hybridized carbons (Fsp3) is 0.235. The Kier molecular flexibility index (Phi) is 5.59.